The Kier molecular flexibility index (Phi) is 5.95. The zero-order valence-electron chi connectivity index (χ0n) is 17.0. The maximum atomic E-state index is 13.4. The second kappa shape index (κ2) is 8.78. The second-order valence-electron chi connectivity index (χ2n) is 7.90. The molecule has 1 aliphatic rings. The topological polar surface area (TPSA) is 39.3 Å². The van der Waals surface area contributed by atoms with Gasteiger partial charge in [-0.1, -0.05) is 18.2 Å². The van der Waals surface area contributed by atoms with E-state index in [1.54, 1.807) is 12.1 Å². The number of rotatable bonds is 7. The number of carbonyl (C=O) groups is 1. The number of amides is 1. The van der Waals surface area contributed by atoms with Crippen LogP contribution in [0.5, 0.6) is 0 Å². The van der Waals surface area contributed by atoms with Gasteiger partial charge in [0.05, 0.1) is 0 Å². The van der Waals surface area contributed by atoms with Gasteiger partial charge < -0.3 is 14.8 Å². The van der Waals surface area contributed by atoms with Crippen molar-refractivity contribution in [2.75, 3.05) is 33.2 Å². The van der Waals surface area contributed by atoms with Crippen molar-refractivity contribution in [3.63, 3.8) is 0 Å². The third-order valence-corrected chi connectivity index (χ3v) is 5.91. The van der Waals surface area contributed by atoms with Gasteiger partial charge in [-0.2, -0.15) is 0 Å². The summed E-state index contributed by atoms with van der Waals surface area (Å²) in [6.07, 6.45) is 3.66. The van der Waals surface area contributed by atoms with Gasteiger partial charge >= 0.3 is 0 Å². The number of H-pyrrole nitrogens is 1. The lowest BCUT2D eigenvalue weighted by molar-refractivity contribution is -0.130. The molecule has 0 atom stereocenters. The Morgan fingerprint density at radius 2 is 1.83 bits per heavy atom. The minimum absolute atomic E-state index is 0.166. The summed E-state index contributed by atoms with van der Waals surface area (Å²) >= 11 is 0. The molecule has 4 nitrogen and oxygen atoms in total. The molecule has 1 amide bonds. The summed E-state index contributed by atoms with van der Waals surface area (Å²) in [5.41, 5.74) is 4.07. The number of hydrogen-bond donors (Lipinski definition) is 1. The number of carbonyl (C=O) groups excluding carboxylic acids is 1. The summed E-state index contributed by atoms with van der Waals surface area (Å²) < 4.78 is 13.4. The van der Waals surface area contributed by atoms with Crippen LogP contribution in [0.2, 0.25) is 0 Å². The number of aromatic nitrogens is 1. The Morgan fingerprint density at radius 1 is 1.10 bits per heavy atom. The predicted molar refractivity (Wildman–Crippen MR) is 115 cm³/mol. The van der Waals surface area contributed by atoms with Gasteiger partial charge in [0.1, 0.15) is 5.82 Å². The number of nitrogens with one attached hydrogen (secondary N) is 1. The lowest BCUT2D eigenvalue weighted by atomic mass is 10.0. The smallest absolute Gasteiger partial charge is 0.222 e. The monoisotopic (exact) mass is 393 g/mol. The minimum Gasteiger partial charge on any atom is -0.354 e. The van der Waals surface area contributed by atoms with E-state index in [-0.39, 0.29) is 11.7 Å². The van der Waals surface area contributed by atoms with Crippen molar-refractivity contribution in [1.29, 1.82) is 0 Å². The molecule has 1 aromatic heterocycles. The molecule has 2 aromatic carbocycles. The maximum absolute atomic E-state index is 13.4. The molecule has 2 heterocycles. The molecule has 0 unspecified atom stereocenters. The molecule has 152 valence electrons. The van der Waals surface area contributed by atoms with Gasteiger partial charge in [-0.05, 0) is 73.8 Å². The number of para-hydroxylation sites is 1. The van der Waals surface area contributed by atoms with Gasteiger partial charge in [0.15, 0.2) is 0 Å². The summed E-state index contributed by atoms with van der Waals surface area (Å²) in [4.78, 5) is 20.5. The first-order chi connectivity index (χ1) is 14.1. The van der Waals surface area contributed by atoms with Crippen molar-refractivity contribution in [2.45, 2.75) is 25.7 Å². The quantitative estimate of drug-likeness (QED) is 0.644. The number of benzene rings is 2. The number of nitrogens with zero attached hydrogens (tertiary/aromatic N) is 2. The molecule has 0 bridgehead atoms. The molecular weight excluding hydrogens is 365 g/mol. The van der Waals surface area contributed by atoms with E-state index in [4.69, 9.17) is 0 Å². The molecule has 0 saturated carbocycles. The molecule has 0 radical (unpaired) electrons. The zero-order chi connectivity index (χ0) is 20.2. The van der Waals surface area contributed by atoms with Crippen molar-refractivity contribution >= 4 is 16.8 Å². The molecular formula is C24H28FN3O. The van der Waals surface area contributed by atoms with Crippen molar-refractivity contribution in [1.82, 2.24) is 14.8 Å². The SMILES string of the molecule is CN(CCN1CCCC1)C(=O)CCc1c(-c2ccc(F)cc2)[nH]c2ccccc12. The molecule has 1 aliphatic heterocycles. The Morgan fingerprint density at radius 3 is 2.59 bits per heavy atom. The molecule has 29 heavy (non-hydrogen) atoms. The highest BCUT2D eigenvalue weighted by atomic mass is 19.1. The Hall–Kier alpha value is -2.66. The summed E-state index contributed by atoms with van der Waals surface area (Å²) in [6.45, 7) is 4.03. The maximum Gasteiger partial charge on any atom is 0.222 e. The van der Waals surface area contributed by atoms with Crippen LogP contribution in [0, 0.1) is 5.82 Å². The van der Waals surface area contributed by atoms with Gasteiger partial charge in [0.2, 0.25) is 5.91 Å². The van der Waals surface area contributed by atoms with Crippen LogP contribution in [0.15, 0.2) is 48.5 Å². The van der Waals surface area contributed by atoms with Crippen LogP contribution in [0.25, 0.3) is 22.2 Å². The van der Waals surface area contributed by atoms with E-state index in [2.05, 4.69) is 16.0 Å². The van der Waals surface area contributed by atoms with E-state index >= 15 is 0 Å². The van der Waals surface area contributed by atoms with E-state index in [0.29, 0.717) is 12.8 Å². The average molecular weight is 394 g/mol. The zero-order valence-corrected chi connectivity index (χ0v) is 17.0. The highest BCUT2D eigenvalue weighted by Crippen LogP contribution is 2.31. The van der Waals surface area contributed by atoms with E-state index < -0.39 is 0 Å². The van der Waals surface area contributed by atoms with Crippen molar-refractivity contribution in [3.05, 3.63) is 59.9 Å². The van der Waals surface area contributed by atoms with Gasteiger partial charge in [-0.15, -0.1) is 0 Å². The lowest BCUT2D eigenvalue weighted by Gasteiger charge is -2.21. The van der Waals surface area contributed by atoms with Crippen molar-refractivity contribution in [2.24, 2.45) is 0 Å². The highest BCUT2D eigenvalue weighted by Gasteiger charge is 2.17. The van der Waals surface area contributed by atoms with Gasteiger partial charge in [0.25, 0.3) is 0 Å². The Bertz CT molecular complexity index is 973. The Labute approximate surface area is 171 Å². The number of hydrogen-bond acceptors (Lipinski definition) is 2. The Balaban J connectivity index is 1.48. The molecule has 1 saturated heterocycles. The molecule has 3 aromatic rings. The first-order valence-corrected chi connectivity index (χ1v) is 10.4. The van der Waals surface area contributed by atoms with E-state index in [1.165, 1.54) is 25.0 Å². The standard InChI is InChI=1S/C24H28FN3O/c1-27(16-17-28-14-4-5-15-28)23(29)13-12-21-20-6-2-3-7-22(20)26-24(21)18-8-10-19(25)11-9-18/h2-3,6-11,26H,4-5,12-17H2,1H3. The van der Waals surface area contributed by atoms with Gasteiger partial charge in [-0.25, -0.2) is 4.39 Å². The summed E-state index contributed by atoms with van der Waals surface area (Å²) in [6, 6.07) is 14.6. The van der Waals surface area contributed by atoms with Crippen LogP contribution in [0.1, 0.15) is 24.8 Å². The normalized spacial score (nSPS) is 14.6. The summed E-state index contributed by atoms with van der Waals surface area (Å²) in [5, 5.41) is 1.12. The minimum atomic E-state index is -0.249. The van der Waals surface area contributed by atoms with Crippen molar-refractivity contribution < 1.29 is 9.18 Å². The molecule has 1 fully saturated rings. The summed E-state index contributed by atoms with van der Waals surface area (Å²) in [5.74, 6) is -0.0826. The fourth-order valence-electron chi connectivity index (χ4n) is 4.17. The molecule has 5 heteroatoms. The fourth-order valence-corrected chi connectivity index (χ4v) is 4.17. The molecule has 4 rings (SSSR count). The number of fused-ring (bicyclic) bond motifs is 1. The number of halogens is 1. The predicted octanol–water partition coefficient (Wildman–Crippen LogP) is 4.46. The third kappa shape index (κ3) is 4.51. The van der Waals surface area contributed by atoms with Crippen LogP contribution < -0.4 is 0 Å². The van der Waals surface area contributed by atoms with Crippen LogP contribution in [0.4, 0.5) is 4.39 Å². The molecule has 0 aliphatic carbocycles. The van der Waals surface area contributed by atoms with Gasteiger partial charge in [0, 0.05) is 43.2 Å². The number of aryl methyl sites for hydroxylation is 1. The van der Waals surface area contributed by atoms with Crippen LogP contribution in [0.3, 0.4) is 0 Å². The summed E-state index contributed by atoms with van der Waals surface area (Å²) in [7, 11) is 1.90. The fraction of sp³-hybridized carbons (Fsp3) is 0.375. The second-order valence-corrected chi connectivity index (χ2v) is 7.90. The average Bonchev–Trinajstić information content (AvgIpc) is 3.38. The highest BCUT2D eigenvalue weighted by molar-refractivity contribution is 5.91. The number of likely N-dealkylation sites (tertiary alicyclic amines) is 1. The lowest BCUT2D eigenvalue weighted by Crippen LogP contribution is -2.35. The van der Waals surface area contributed by atoms with E-state index in [1.807, 2.05) is 30.1 Å². The van der Waals surface area contributed by atoms with Crippen LogP contribution in [-0.4, -0.2) is 53.9 Å². The number of aromatic amines is 1. The number of likely N-dealkylation sites (N-methyl/N-ethyl adjacent to an activating group) is 1. The van der Waals surface area contributed by atoms with Gasteiger partial charge in [-0.3, -0.25) is 4.79 Å². The first-order valence-electron chi connectivity index (χ1n) is 10.4. The van der Waals surface area contributed by atoms with Crippen LogP contribution in [-0.2, 0) is 11.2 Å². The van der Waals surface area contributed by atoms with Crippen LogP contribution >= 0.6 is 0 Å². The largest absolute Gasteiger partial charge is 0.354 e. The molecule has 1 N–H and O–H groups in total. The van der Waals surface area contributed by atoms with E-state index in [9.17, 15) is 9.18 Å². The third-order valence-electron chi connectivity index (χ3n) is 5.91. The molecule has 0 spiro atoms. The van der Waals surface area contributed by atoms with E-state index in [0.717, 1.165) is 53.9 Å². The first kappa shape index (κ1) is 19.6. The van der Waals surface area contributed by atoms with Crippen molar-refractivity contribution in [3.8, 4) is 11.3 Å².